The summed E-state index contributed by atoms with van der Waals surface area (Å²) in [6, 6.07) is 7.46. The summed E-state index contributed by atoms with van der Waals surface area (Å²) in [4.78, 5) is 0. The summed E-state index contributed by atoms with van der Waals surface area (Å²) in [7, 11) is 0. The van der Waals surface area contributed by atoms with Gasteiger partial charge in [-0.15, -0.1) is 0 Å². The standard InChI is InChI=1S/C18H31N/c1-5-7-8-9-10-18(19-13-6-2)17-12-11-15(3)16(4)14-17/h11-12,14,18-19H,5-10,13H2,1-4H3. The first kappa shape index (κ1) is 16.2. The second-order valence-electron chi connectivity index (χ2n) is 5.70. The molecular formula is C18H31N. The second kappa shape index (κ2) is 9.14. The molecule has 0 aromatic heterocycles. The SMILES string of the molecule is CCCCCCC(NCCC)c1ccc(C)c(C)c1. The molecule has 1 heteroatoms. The molecule has 1 unspecified atom stereocenters. The van der Waals surface area contributed by atoms with Gasteiger partial charge in [0.2, 0.25) is 0 Å². The fourth-order valence-electron chi connectivity index (χ4n) is 2.46. The van der Waals surface area contributed by atoms with Crippen LogP contribution in [0.15, 0.2) is 18.2 Å². The second-order valence-corrected chi connectivity index (χ2v) is 5.70. The fourth-order valence-corrected chi connectivity index (χ4v) is 2.46. The zero-order valence-corrected chi connectivity index (χ0v) is 13.3. The molecule has 1 atom stereocenters. The maximum Gasteiger partial charge on any atom is 0.0320 e. The molecule has 0 fully saturated rings. The smallest absolute Gasteiger partial charge is 0.0320 e. The summed E-state index contributed by atoms with van der Waals surface area (Å²) >= 11 is 0. The van der Waals surface area contributed by atoms with E-state index in [2.05, 4.69) is 51.2 Å². The Morgan fingerprint density at radius 3 is 2.37 bits per heavy atom. The minimum atomic E-state index is 0.538. The summed E-state index contributed by atoms with van der Waals surface area (Å²) in [5.74, 6) is 0. The Morgan fingerprint density at radius 1 is 0.947 bits per heavy atom. The van der Waals surface area contributed by atoms with Gasteiger partial charge < -0.3 is 5.32 Å². The minimum Gasteiger partial charge on any atom is -0.310 e. The molecule has 0 spiro atoms. The number of aryl methyl sites for hydroxylation is 2. The number of rotatable bonds is 9. The summed E-state index contributed by atoms with van der Waals surface area (Å²) < 4.78 is 0. The van der Waals surface area contributed by atoms with E-state index in [1.54, 1.807) is 0 Å². The lowest BCUT2D eigenvalue weighted by Crippen LogP contribution is -2.22. The van der Waals surface area contributed by atoms with Crippen molar-refractivity contribution in [3.8, 4) is 0 Å². The molecule has 19 heavy (non-hydrogen) atoms. The zero-order valence-electron chi connectivity index (χ0n) is 13.3. The number of nitrogens with one attached hydrogen (secondary N) is 1. The maximum atomic E-state index is 3.71. The molecular weight excluding hydrogens is 230 g/mol. The molecule has 0 saturated heterocycles. The Hall–Kier alpha value is -0.820. The van der Waals surface area contributed by atoms with Crippen molar-refractivity contribution in [2.24, 2.45) is 0 Å². The van der Waals surface area contributed by atoms with Gasteiger partial charge in [-0.25, -0.2) is 0 Å². The number of unbranched alkanes of at least 4 members (excludes halogenated alkanes) is 3. The lowest BCUT2D eigenvalue weighted by Gasteiger charge is -2.20. The lowest BCUT2D eigenvalue weighted by atomic mass is 9.96. The van der Waals surface area contributed by atoms with Crippen molar-refractivity contribution in [3.05, 3.63) is 34.9 Å². The summed E-state index contributed by atoms with van der Waals surface area (Å²) in [6.45, 7) is 10.0. The Morgan fingerprint density at radius 2 is 1.74 bits per heavy atom. The number of hydrogen-bond donors (Lipinski definition) is 1. The fraction of sp³-hybridized carbons (Fsp3) is 0.667. The first-order valence-electron chi connectivity index (χ1n) is 7.99. The lowest BCUT2D eigenvalue weighted by molar-refractivity contribution is 0.470. The maximum absolute atomic E-state index is 3.71. The van der Waals surface area contributed by atoms with Gasteiger partial charge in [-0.2, -0.15) is 0 Å². The monoisotopic (exact) mass is 261 g/mol. The van der Waals surface area contributed by atoms with Gasteiger partial charge in [-0.1, -0.05) is 57.7 Å². The highest BCUT2D eigenvalue weighted by Gasteiger charge is 2.10. The normalized spacial score (nSPS) is 12.6. The van der Waals surface area contributed by atoms with E-state index in [1.807, 2.05) is 0 Å². The molecule has 1 aromatic carbocycles. The van der Waals surface area contributed by atoms with Crippen LogP contribution in [-0.4, -0.2) is 6.54 Å². The van der Waals surface area contributed by atoms with Crippen molar-refractivity contribution in [1.29, 1.82) is 0 Å². The first-order valence-corrected chi connectivity index (χ1v) is 7.99. The van der Waals surface area contributed by atoms with Crippen LogP contribution >= 0.6 is 0 Å². The van der Waals surface area contributed by atoms with Crippen molar-refractivity contribution in [1.82, 2.24) is 5.32 Å². The molecule has 1 aromatic rings. The minimum absolute atomic E-state index is 0.538. The predicted molar refractivity (Wildman–Crippen MR) is 85.7 cm³/mol. The Labute approximate surface area is 119 Å². The van der Waals surface area contributed by atoms with Crippen LogP contribution in [0.3, 0.4) is 0 Å². The third-order valence-corrected chi connectivity index (χ3v) is 3.92. The Kier molecular flexibility index (Phi) is 7.81. The van der Waals surface area contributed by atoms with Gasteiger partial charge in [0.05, 0.1) is 0 Å². The van der Waals surface area contributed by atoms with E-state index in [0.29, 0.717) is 6.04 Å². The van der Waals surface area contributed by atoms with Gasteiger partial charge in [0.25, 0.3) is 0 Å². The van der Waals surface area contributed by atoms with Crippen LogP contribution in [0.4, 0.5) is 0 Å². The van der Waals surface area contributed by atoms with Crippen LogP contribution < -0.4 is 5.32 Å². The molecule has 0 aliphatic rings. The average molecular weight is 261 g/mol. The third-order valence-electron chi connectivity index (χ3n) is 3.92. The van der Waals surface area contributed by atoms with E-state index in [-0.39, 0.29) is 0 Å². The largest absolute Gasteiger partial charge is 0.310 e. The molecule has 0 amide bonds. The molecule has 0 aliphatic heterocycles. The molecule has 0 saturated carbocycles. The van der Waals surface area contributed by atoms with Gasteiger partial charge in [-0.3, -0.25) is 0 Å². The van der Waals surface area contributed by atoms with Gasteiger partial charge >= 0.3 is 0 Å². The van der Waals surface area contributed by atoms with Crippen molar-refractivity contribution >= 4 is 0 Å². The van der Waals surface area contributed by atoms with Crippen molar-refractivity contribution in [2.75, 3.05) is 6.54 Å². The highest BCUT2D eigenvalue weighted by molar-refractivity contribution is 5.31. The van der Waals surface area contributed by atoms with Crippen LogP contribution in [0.5, 0.6) is 0 Å². The average Bonchev–Trinajstić information content (AvgIpc) is 2.41. The molecule has 108 valence electrons. The van der Waals surface area contributed by atoms with Crippen LogP contribution in [-0.2, 0) is 0 Å². The third kappa shape index (κ3) is 5.78. The quantitative estimate of drug-likeness (QED) is 0.594. The van der Waals surface area contributed by atoms with Crippen LogP contribution in [0.2, 0.25) is 0 Å². The molecule has 1 nitrogen and oxygen atoms in total. The molecule has 1 rings (SSSR count). The molecule has 0 radical (unpaired) electrons. The molecule has 0 bridgehead atoms. The van der Waals surface area contributed by atoms with Crippen LogP contribution in [0.1, 0.15) is 75.1 Å². The van der Waals surface area contributed by atoms with E-state index in [4.69, 9.17) is 0 Å². The highest BCUT2D eigenvalue weighted by Crippen LogP contribution is 2.22. The highest BCUT2D eigenvalue weighted by atomic mass is 14.9. The molecule has 1 N–H and O–H groups in total. The van der Waals surface area contributed by atoms with Crippen molar-refractivity contribution < 1.29 is 0 Å². The van der Waals surface area contributed by atoms with Gasteiger partial charge in [-0.05, 0) is 49.9 Å². The van der Waals surface area contributed by atoms with Crippen LogP contribution in [0.25, 0.3) is 0 Å². The van der Waals surface area contributed by atoms with Crippen LogP contribution in [0, 0.1) is 13.8 Å². The first-order chi connectivity index (χ1) is 9.19. The molecule has 0 aliphatic carbocycles. The van der Waals surface area contributed by atoms with E-state index in [0.717, 1.165) is 6.54 Å². The van der Waals surface area contributed by atoms with Gasteiger partial charge in [0.1, 0.15) is 0 Å². The summed E-state index contributed by atoms with van der Waals surface area (Å²) in [5, 5.41) is 3.71. The summed E-state index contributed by atoms with van der Waals surface area (Å²) in [5.41, 5.74) is 4.27. The number of hydrogen-bond acceptors (Lipinski definition) is 1. The summed E-state index contributed by atoms with van der Waals surface area (Å²) in [6.07, 6.45) is 7.86. The zero-order chi connectivity index (χ0) is 14.1. The van der Waals surface area contributed by atoms with Gasteiger partial charge in [0, 0.05) is 6.04 Å². The Balaban J connectivity index is 2.63. The Bertz CT molecular complexity index is 357. The van der Waals surface area contributed by atoms with E-state index in [1.165, 1.54) is 55.2 Å². The van der Waals surface area contributed by atoms with Crippen molar-refractivity contribution in [3.63, 3.8) is 0 Å². The van der Waals surface area contributed by atoms with E-state index < -0.39 is 0 Å². The molecule has 0 heterocycles. The number of benzene rings is 1. The van der Waals surface area contributed by atoms with Crippen molar-refractivity contribution in [2.45, 2.75) is 72.3 Å². The predicted octanol–water partition coefficient (Wildman–Crippen LogP) is 5.31. The van der Waals surface area contributed by atoms with E-state index >= 15 is 0 Å². The van der Waals surface area contributed by atoms with E-state index in [9.17, 15) is 0 Å². The topological polar surface area (TPSA) is 12.0 Å². The van der Waals surface area contributed by atoms with Gasteiger partial charge in [0.15, 0.2) is 0 Å².